The summed E-state index contributed by atoms with van der Waals surface area (Å²) in [5, 5.41) is 3.40. The molecule has 8 heteroatoms. The van der Waals surface area contributed by atoms with Crippen molar-refractivity contribution in [3.05, 3.63) is 59.7 Å². The third-order valence-electron chi connectivity index (χ3n) is 5.20. The highest BCUT2D eigenvalue weighted by atomic mass is 32.2. The smallest absolute Gasteiger partial charge is 0.194 e. The number of nitrogens with zero attached hydrogens (tertiary/aromatic N) is 3. The fraction of sp³-hybridized carbons (Fsp3) is 0.435. The Kier molecular flexibility index (Phi) is 7.79. The molecule has 0 saturated carbocycles. The molecule has 1 heterocycles. The van der Waals surface area contributed by atoms with Gasteiger partial charge >= 0.3 is 0 Å². The summed E-state index contributed by atoms with van der Waals surface area (Å²) in [5.41, 5.74) is 3.04. The van der Waals surface area contributed by atoms with Crippen molar-refractivity contribution in [1.82, 2.24) is 10.2 Å². The molecule has 31 heavy (non-hydrogen) atoms. The first-order chi connectivity index (χ1) is 14.9. The number of sulfone groups is 1. The lowest BCUT2D eigenvalue weighted by Gasteiger charge is -2.37. The molecule has 0 amide bonds. The summed E-state index contributed by atoms with van der Waals surface area (Å²) in [4.78, 5) is 9.47. The molecular weight excluding hydrogens is 412 g/mol. The zero-order valence-corrected chi connectivity index (χ0v) is 19.4. The first-order valence-corrected chi connectivity index (χ1v) is 12.6. The van der Waals surface area contributed by atoms with Crippen molar-refractivity contribution in [2.75, 3.05) is 51.0 Å². The van der Waals surface area contributed by atoms with Crippen LogP contribution in [0, 0.1) is 0 Å². The van der Waals surface area contributed by atoms with Crippen molar-refractivity contribution in [2.24, 2.45) is 4.99 Å². The van der Waals surface area contributed by atoms with E-state index in [2.05, 4.69) is 34.2 Å². The molecule has 7 nitrogen and oxygen atoms in total. The maximum Gasteiger partial charge on any atom is 0.194 e. The molecule has 3 rings (SSSR count). The van der Waals surface area contributed by atoms with E-state index in [9.17, 15) is 8.42 Å². The predicted octanol–water partition coefficient (Wildman–Crippen LogP) is 2.53. The van der Waals surface area contributed by atoms with Crippen LogP contribution < -0.4 is 15.0 Å². The van der Waals surface area contributed by atoms with Crippen molar-refractivity contribution in [3.8, 4) is 5.75 Å². The van der Waals surface area contributed by atoms with Gasteiger partial charge in [-0.3, -0.25) is 0 Å². The Morgan fingerprint density at radius 2 is 1.74 bits per heavy atom. The minimum atomic E-state index is -3.02. The van der Waals surface area contributed by atoms with Crippen molar-refractivity contribution in [1.29, 1.82) is 0 Å². The zero-order valence-electron chi connectivity index (χ0n) is 18.5. The van der Waals surface area contributed by atoms with Crippen molar-refractivity contribution >= 4 is 21.5 Å². The number of nitrogens with one attached hydrogen (secondary N) is 1. The number of anilines is 1. The van der Waals surface area contributed by atoms with Gasteiger partial charge in [0.05, 0.1) is 19.4 Å². The number of aliphatic imine (C=N–C) groups is 1. The molecule has 1 saturated heterocycles. The van der Waals surface area contributed by atoms with Crippen LogP contribution in [0.5, 0.6) is 5.75 Å². The standard InChI is InChI=1S/C23H32N4O3S/c1-4-24-23(25-17-19-8-10-20(11-9-19)18-31(3,28)29)27-14-12-26(13-15-27)21-6-5-7-22(16-21)30-2/h5-11,16H,4,12-15,17-18H2,1-3H3,(H,24,25). The van der Waals surface area contributed by atoms with Crippen LogP contribution in [0.3, 0.4) is 0 Å². The van der Waals surface area contributed by atoms with E-state index in [-0.39, 0.29) is 5.75 Å². The van der Waals surface area contributed by atoms with Crippen molar-refractivity contribution in [3.63, 3.8) is 0 Å². The molecule has 2 aromatic carbocycles. The van der Waals surface area contributed by atoms with Gasteiger partial charge in [0.2, 0.25) is 0 Å². The van der Waals surface area contributed by atoms with Crippen molar-refractivity contribution < 1.29 is 13.2 Å². The zero-order chi connectivity index (χ0) is 22.3. The van der Waals surface area contributed by atoms with Gasteiger partial charge in [-0.25, -0.2) is 13.4 Å². The second-order valence-electron chi connectivity index (χ2n) is 7.73. The van der Waals surface area contributed by atoms with Crippen LogP contribution >= 0.6 is 0 Å². The number of ether oxygens (including phenoxy) is 1. The minimum absolute atomic E-state index is 0.0662. The molecule has 1 fully saturated rings. The van der Waals surface area contributed by atoms with Gasteiger partial charge in [-0.15, -0.1) is 0 Å². The van der Waals surface area contributed by atoms with E-state index < -0.39 is 9.84 Å². The second kappa shape index (κ2) is 10.5. The van der Waals surface area contributed by atoms with Crippen LogP contribution in [0.2, 0.25) is 0 Å². The molecule has 0 bridgehead atoms. The summed E-state index contributed by atoms with van der Waals surface area (Å²) in [6.45, 7) is 7.03. The molecule has 0 atom stereocenters. The summed E-state index contributed by atoms with van der Waals surface area (Å²) < 4.78 is 28.2. The molecule has 0 aromatic heterocycles. The maximum absolute atomic E-state index is 11.4. The number of rotatable bonds is 7. The Labute approximate surface area is 185 Å². The lowest BCUT2D eigenvalue weighted by atomic mass is 10.1. The Hall–Kier alpha value is -2.74. The first kappa shape index (κ1) is 22.9. The number of piperazine rings is 1. The molecular formula is C23H32N4O3S. The van der Waals surface area contributed by atoms with E-state index in [0.717, 1.165) is 55.6 Å². The first-order valence-electron chi connectivity index (χ1n) is 10.6. The van der Waals surface area contributed by atoms with Crippen LogP contribution in [0.4, 0.5) is 5.69 Å². The number of methoxy groups -OCH3 is 1. The van der Waals surface area contributed by atoms with Gasteiger partial charge in [-0.2, -0.15) is 0 Å². The Bertz CT molecular complexity index is 982. The molecule has 2 aromatic rings. The van der Waals surface area contributed by atoms with Crippen LogP contribution in [0.25, 0.3) is 0 Å². The quantitative estimate of drug-likeness (QED) is 0.523. The number of hydrogen-bond acceptors (Lipinski definition) is 5. The summed E-state index contributed by atoms with van der Waals surface area (Å²) in [6, 6.07) is 15.8. The summed E-state index contributed by atoms with van der Waals surface area (Å²) in [5.74, 6) is 1.85. The van der Waals surface area contributed by atoms with Crippen LogP contribution in [0.1, 0.15) is 18.1 Å². The third kappa shape index (κ3) is 6.89. The summed E-state index contributed by atoms with van der Waals surface area (Å²) in [7, 11) is -1.33. The molecule has 0 unspecified atom stereocenters. The van der Waals surface area contributed by atoms with E-state index in [0.29, 0.717) is 6.54 Å². The van der Waals surface area contributed by atoms with Crippen molar-refractivity contribution in [2.45, 2.75) is 19.2 Å². The van der Waals surface area contributed by atoms with E-state index in [1.165, 1.54) is 11.9 Å². The lowest BCUT2D eigenvalue weighted by Crippen LogP contribution is -2.52. The van der Waals surface area contributed by atoms with Gasteiger partial charge in [-0.05, 0) is 30.2 Å². The average Bonchev–Trinajstić information content (AvgIpc) is 2.77. The third-order valence-corrected chi connectivity index (χ3v) is 6.05. The predicted molar refractivity (Wildman–Crippen MR) is 127 cm³/mol. The van der Waals surface area contributed by atoms with Gasteiger partial charge in [-0.1, -0.05) is 30.3 Å². The van der Waals surface area contributed by atoms with E-state index in [4.69, 9.17) is 9.73 Å². The fourth-order valence-corrected chi connectivity index (χ4v) is 4.42. The molecule has 1 N–H and O–H groups in total. The van der Waals surface area contributed by atoms with Crippen LogP contribution in [-0.2, 0) is 22.1 Å². The van der Waals surface area contributed by atoms with Crippen LogP contribution in [-0.4, -0.2) is 65.4 Å². The van der Waals surface area contributed by atoms with E-state index in [1.54, 1.807) is 7.11 Å². The highest BCUT2D eigenvalue weighted by Gasteiger charge is 2.20. The molecule has 1 aliphatic heterocycles. The Balaban J connectivity index is 1.61. The SMILES string of the molecule is CCNC(=NCc1ccc(CS(C)(=O)=O)cc1)N1CCN(c2cccc(OC)c2)CC1. The van der Waals surface area contributed by atoms with Gasteiger partial charge in [0.25, 0.3) is 0 Å². The highest BCUT2D eigenvalue weighted by Crippen LogP contribution is 2.22. The Morgan fingerprint density at radius 1 is 1.06 bits per heavy atom. The largest absolute Gasteiger partial charge is 0.497 e. The number of guanidine groups is 1. The summed E-state index contributed by atoms with van der Waals surface area (Å²) in [6.07, 6.45) is 1.25. The summed E-state index contributed by atoms with van der Waals surface area (Å²) >= 11 is 0. The molecule has 0 radical (unpaired) electrons. The molecule has 1 aliphatic rings. The van der Waals surface area contributed by atoms with Gasteiger partial charge in [0, 0.05) is 50.7 Å². The molecule has 0 spiro atoms. The average molecular weight is 445 g/mol. The topological polar surface area (TPSA) is 74.2 Å². The lowest BCUT2D eigenvalue weighted by molar-refractivity contribution is 0.372. The minimum Gasteiger partial charge on any atom is -0.497 e. The Morgan fingerprint density at radius 3 is 2.35 bits per heavy atom. The van der Waals surface area contributed by atoms with E-state index >= 15 is 0 Å². The van der Waals surface area contributed by atoms with E-state index in [1.807, 2.05) is 36.4 Å². The number of benzene rings is 2. The molecule has 0 aliphatic carbocycles. The fourth-order valence-electron chi connectivity index (χ4n) is 3.62. The van der Waals surface area contributed by atoms with Gasteiger partial charge in [0.15, 0.2) is 15.8 Å². The molecule has 168 valence electrons. The maximum atomic E-state index is 11.4. The normalized spacial score (nSPS) is 15.1. The van der Waals surface area contributed by atoms with Gasteiger partial charge in [0.1, 0.15) is 5.75 Å². The monoisotopic (exact) mass is 444 g/mol. The van der Waals surface area contributed by atoms with Gasteiger partial charge < -0.3 is 19.9 Å². The van der Waals surface area contributed by atoms with Crippen LogP contribution in [0.15, 0.2) is 53.5 Å². The number of hydrogen-bond donors (Lipinski definition) is 1. The highest BCUT2D eigenvalue weighted by molar-refractivity contribution is 7.89. The second-order valence-corrected chi connectivity index (χ2v) is 9.87.